The highest BCUT2D eigenvalue weighted by Gasteiger charge is 2.33. The first kappa shape index (κ1) is 11.9. The van der Waals surface area contributed by atoms with E-state index in [1.807, 2.05) is 24.3 Å². The van der Waals surface area contributed by atoms with E-state index in [-0.39, 0.29) is 6.42 Å². The van der Waals surface area contributed by atoms with Gasteiger partial charge in [0, 0.05) is 6.42 Å². The van der Waals surface area contributed by atoms with Crippen molar-refractivity contribution in [2.45, 2.75) is 19.1 Å². The van der Waals surface area contributed by atoms with Crippen LogP contribution < -0.4 is 4.74 Å². The van der Waals surface area contributed by atoms with Crippen LogP contribution in [-0.4, -0.2) is 28.8 Å². The van der Waals surface area contributed by atoms with Crippen LogP contribution in [0.3, 0.4) is 0 Å². The third-order valence-corrected chi connectivity index (χ3v) is 3.36. The molecule has 19 heavy (non-hydrogen) atoms. The van der Waals surface area contributed by atoms with E-state index in [2.05, 4.69) is 5.10 Å². The van der Waals surface area contributed by atoms with Crippen LogP contribution in [0.4, 0.5) is 4.39 Å². The number of hydrogen-bond acceptors (Lipinski definition) is 3. The largest absolute Gasteiger partial charge is 0.497 e. The Bertz CT molecular complexity index is 619. The first-order chi connectivity index (χ1) is 9.19. The van der Waals surface area contributed by atoms with Gasteiger partial charge in [-0.2, -0.15) is 5.10 Å². The first-order valence-corrected chi connectivity index (χ1v) is 6.05. The number of carbonyl (C=O) groups is 1. The number of ketones is 1. The summed E-state index contributed by atoms with van der Waals surface area (Å²) in [6.45, 7) is 0.527. The van der Waals surface area contributed by atoms with Crippen LogP contribution in [0, 0.1) is 0 Å². The number of methoxy groups -OCH3 is 1. The maximum atomic E-state index is 13.4. The van der Waals surface area contributed by atoms with Crippen molar-refractivity contribution in [1.29, 1.82) is 0 Å². The molecule has 1 aromatic heterocycles. The average molecular weight is 260 g/mol. The van der Waals surface area contributed by atoms with Crippen molar-refractivity contribution in [3.63, 3.8) is 0 Å². The number of aromatic nitrogens is 2. The topological polar surface area (TPSA) is 44.1 Å². The van der Waals surface area contributed by atoms with Crippen LogP contribution in [0.15, 0.2) is 30.5 Å². The lowest BCUT2D eigenvalue weighted by molar-refractivity contribution is 0.0898. The molecule has 98 valence electrons. The minimum Gasteiger partial charge on any atom is -0.497 e. The quantitative estimate of drug-likeness (QED) is 0.848. The summed E-state index contributed by atoms with van der Waals surface area (Å²) < 4.78 is 20.1. The summed E-state index contributed by atoms with van der Waals surface area (Å²) in [5.74, 6) is 0.337. The average Bonchev–Trinajstić information content (AvgIpc) is 2.93. The molecule has 1 aromatic carbocycles. The summed E-state index contributed by atoms with van der Waals surface area (Å²) in [5, 5.41) is 4.16. The normalized spacial score (nSPS) is 17.6. The lowest BCUT2D eigenvalue weighted by Gasteiger charge is -2.06. The molecule has 0 bridgehead atoms. The molecule has 1 aliphatic rings. The number of fused-ring (bicyclic) bond motifs is 1. The molecule has 2 aromatic rings. The Morgan fingerprint density at radius 2 is 2.16 bits per heavy atom. The molecule has 0 N–H and O–H groups in total. The van der Waals surface area contributed by atoms with Gasteiger partial charge in [0.15, 0.2) is 6.17 Å². The Morgan fingerprint density at radius 1 is 1.42 bits per heavy atom. The number of nitrogens with zero attached hydrogens (tertiary/aromatic N) is 2. The maximum Gasteiger partial charge on any atom is 0.200 e. The third kappa shape index (κ3) is 2.01. The molecular formula is C14H13FN2O2. The van der Waals surface area contributed by atoms with Gasteiger partial charge in [-0.1, -0.05) is 12.1 Å². The number of halogens is 1. The predicted octanol–water partition coefficient (Wildman–Crippen LogP) is 2.02. The molecule has 0 saturated heterocycles. The van der Waals surface area contributed by atoms with E-state index < -0.39 is 12.0 Å². The van der Waals surface area contributed by atoms with Gasteiger partial charge in [0.05, 0.1) is 31.1 Å². The molecule has 1 atom stereocenters. The van der Waals surface area contributed by atoms with Crippen LogP contribution in [0.2, 0.25) is 0 Å². The number of Topliss-reactive ketones (excluding diaryl/α,β-unsaturated/α-hetero) is 1. The molecule has 5 heteroatoms. The molecular weight excluding hydrogens is 247 g/mol. The molecule has 1 unspecified atom stereocenters. The second kappa shape index (κ2) is 4.50. The number of rotatable bonds is 3. The van der Waals surface area contributed by atoms with E-state index in [1.165, 1.54) is 6.20 Å². The first-order valence-electron chi connectivity index (χ1n) is 6.05. The minimum atomic E-state index is -1.41. The van der Waals surface area contributed by atoms with Gasteiger partial charge in [0.1, 0.15) is 5.75 Å². The molecule has 0 spiro atoms. The van der Waals surface area contributed by atoms with Crippen molar-refractivity contribution >= 4 is 5.78 Å². The molecule has 0 radical (unpaired) electrons. The zero-order chi connectivity index (χ0) is 13.4. The maximum absolute atomic E-state index is 13.4. The molecule has 0 amide bonds. The van der Waals surface area contributed by atoms with E-state index >= 15 is 0 Å². The Balaban J connectivity index is 1.85. The zero-order valence-corrected chi connectivity index (χ0v) is 10.5. The van der Waals surface area contributed by atoms with Crippen molar-refractivity contribution in [2.24, 2.45) is 0 Å². The summed E-state index contributed by atoms with van der Waals surface area (Å²) in [6.07, 6.45) is 0.181. The smallest absolute Gasteiger partial charge is 0.200 e. The Hall–Kier alpha value is -2.17. The van der Waals surface area contributed by atoms with Gasteiger partial charge in [0.25, 0.3) is 0 Å². The van der Waals surface area contributed by atoms with Gasteiger partial charge in [-0.25, -0.2) is 4.39 Å². The highest BCUT2D eigenvalue weighted by molar-refractivity contribution is 6.03. The van der Waals surface area contributed by atoms with Crippen molar-refractivity contribution in [2.75, 3.05) is 7.11 Å². The van der Waals surface area contributed by atoms with Gasteiger partial charge in [-0.05, 0) is 17.7 Å². The van der Waals surface area contributed by atoms with Crippen LogP contribution in [0.1, 0.15) is 21.6 Å². The SMILES string of the molecule is COc1ccc(Cn2ncc3c2CC(F)C3=O)cc1. The highest BCUT2D eigenvalue weighted by atomic mass is 19.1. The predicted molar refractivity (Wildman–Crippen MR) is 67.3 cm³/mol. The van der Waals surface area contributed by atoms with E-state index in [4.69, 9.17) is 4.74 Å². The van der Waals surface area contributed by atoms with Crippen LogP contribution in [-0.2, 0) is 13.0 Å². The number of carbonyl (C=O) groups excluding carboxylic acids is 1. The lowest BCUT2D eigenvalue weighted by atomic mass is 10.2. The fourth-order valence-corrected chi connectivity index (χ4v) is 2.30. The number of ether oxygens (including phenoxy) is 1. The standard InChI is InChI=1S/C14H13FN2O2/c1-19-10-4-2-9(3-5-10)8-17-13-6-12(15)14(18)11(13)7-16-17/h2-5,7,12H,6,8H2,1H3. The van der Waals surface area contributed by atoms with Gasteiger partial charge in [0.2, 0.25) is 5.78 Å². The third-order valence-electron chi connectivity index (χ3n) is 3.36. The summed E-state index contributed by atoms with van der Waals surface area (Å²) >= 11 is 0. The Kier molecular flexibility index (Phi) is 2.81. The second-order valence-corrected chi connectivity index (χ2v) is 4.55. The fraction of sp³-hybridized carbons (Fsp3) is 0.286. The zero-order valence-electron chi connectivity index (χ0n) is 10.5. The summed E-state index contributed by atoms with van der Waals surface area (Å²) in [4.78, 5) is 11.5. The molecule has 1 heterocycles. The van der Waals surface area contributed by atoms with Crippen LogP contribution in [0.5, 0.6) is 5.75 Å². The van der Waals surface area contributed by atoms with Gasteiger partial charge in [-0.15, -0.1) is 0 Å². The monoisotopic (exact) mass is 260 g/mol. The molecule has 0 aliphatic heterocycles. The van der Waals surface area contributed by atoms with Crippen molar-refractivity contribution in [3.8, 4) is 5.75 Å². The second-order valence-electron chi connectivity index (χ2n) is 4.55. The Morgan fingerprint density at radius 3 is 2.84 bits per heavy atom. The van der Waals surface area contributed by atoms with Crippen molar-refractivity contribution < 1.29 is 13.9 Å². The molecule has 0 fully saturated rings. The fourth-order valence-electron chi connectivity index (χ4n) is 2.30. The number of hydrogen-bond donors (Lipinski definition) is 0. The molecule has 4 nitrogen and oxygen atoms in total. The Labute approximate surface area is 109 Å². The van der Waals surface area contributed by atoms with E-state index in [9.17, 15) is 9.18 Å². The van der Waals surface area contributed by atoms with E-state index in [0.29, 0.717) is 17.8 Å². The highest BCUT2D eigenvalue weighted by Crippen LogP contribution is 2.24. The van der Waals surface area contributed by atoms with E-state index in [0.717, 1.165) is 11.3 Å². The summed E-state index contributed by atoms with van der Waals surface area (Å²) in [7, 11) is 1.61. The molecule has 0 saturated carbocycles. The summed E-state index contributed by atoms with van der Waals surface area (Å²) in [5.41, 5.74) is 2.13. The van der Waals surface area contributed by atoms with Gasteiger partial charge < -0.3 is 4.74 Å². The van der Waals surface area contributed by atoms with Gasteiger partial charge in [-0.3, -0.25) is 9.48 Å². The lowest BCUT2D eigenvalue weighted by Crippen LogP contribution is -2.11. The number of alkyl halides is 1. The number of benzene rings is 1. The van der Waals surface area contributed by atoms with Gasteiger partial charge >= 0.3 is 0 Å². The van der Waals surface area contributed by atoms with E-state index in [1.54, 1.807) is 11.8 Å². The van der Waals surface area contributed by atoms with Crippen molar-refractivity contribution in [1.82, 2.24) is 9.78 Å². The molecule has 1 aliphatic carbocycles. The minimum absolute atomic E-state index is 0.129. The van der Waals surface area contributed by atoms with Crippen LogP contribution >= 0.6 is 0 Å². The van der Waals surface area contributed by atoms with Crippen LogP contribution in [0.25, 0.3) is 0 Å². The summed E-state index contributed by atoms with van der Waals surface area (Å²) in [6, 6.07) is 7.58. The molecule has 3 rings (SSSR count). The van der Waals surface area contributed by atoms with Crippen molar-refractivity contribution in [3.05, 3.63) is 47.3 Å².